The number of nitrogens with zero attached hydrogens (tertiary/aromatic N) is 2. The number of hydrogen-bond donors (Lipinski definition) is 2. The van der Waals surface area contributed by atoms with Crippen LogP contribution in [0.15, 0.2) is 24.3 Å². The zero-order chi connectivity index (χ0) is 15.7. The first-order valence-corrected chi connectivity index (χ1v) is 8.42. The van der Waals surface area contributed by atoms with Crippen LogP contribution < -0.4 is 5.32 Å². The number of nitrogens with one attached hydrogen (secondary N) is 1. The molecule has 0 bridgehead atoms. The maximum atomic E-state index is 12.2. The van der Waals surface area contributed by atoms with Crippen LogP contribution in [0.25, 0.3) is 11.0 Å². The molecule has 22 heavy (non-hydrogen) atoms. The van der Waals surface area contributed by atoms with E-state index in [1.807, 2.05) is 35.1 Å². The third kappa shape index (κ3) is 2.68. The monoisotopic (exact) mass is 319 g/mol. The van der Waals surface area contributed by atoms with Crippen LogP contribution in [0.3, 0.4) is 0 Å². The van der Waals surface area contributed by atoms with Gasteiger partial charge in [-0.3, -0.25) is 4.79 Å². The summed E-state index contributed by atoms with van der Waals surface area (Å²) >= 11 is 1.63. The van der Waals surface area contributed by atoms with Gasteiger partial charge in [0.05, 0.1) is 16.8 Å². The Morgan fingerprint density at radius 3 is 2.77 bits per heavy atom. The number of thioether (sulfide) groups is 1. The third-order valence-corrected chi connectivity index (χ3v) is 4.39. The second-order valence-electron chi connectivity index (χ2n) is 5.47. The van der Waals surface area contributed by atoms with Gasteiger partial charge in [0.25, 0.3) is 0 Å². The molecule has 1 aromatic carbocycles. The molecular weight excluding hydrogens is 302 g/mol. The Labute approximate surface area is 131 Å². The number of carboxylic acids is 1. The summed E-state index contributed by atoms with van der Waals surface area (Å²) < 4.78 is 1.86. The molecule has 1 amide bonds. The molecule has 1 heterocycles. The number of imidazole rings is 1. The molecule has 2 N–H and O–H groups in total. The third-order valence-electron chi connectivity index (χ3n) is 3.85. The minimum atomic E-state index is -1.05. The lowest BCUT2D eigenvalue weighted by atomic mass is 10.2. The molecule has 0 aliphatic heterocycles. The number of aromatic nitrogens is 2. The first-order valence-electron chi connectivity index (χ1n) is 7.03. The molecule has 1 aliphatic rings. The van der Waals surface area contributed by atoms with Crippen molar-refractivity contribution in [1.29, 1.82) is 0 Å². The van der Waals surface area contributed by atoms with E-state index in [2.05, 4.69) is 10.3 Å². The number of carboxylic acid groups (broad SMARTS) is 1. The lowest BCUT2D eigenvalue weighted by Gasteiger charge is -2.14. The van der Waals surface area contributed by atoms with Crippen molar-refractivity contribution >= 4 is 34.7 Å². The largest absolute Gasteiger partial charge is 0.480 e. The summed E-state index contributed by atoms with van der Waals surface area (Å²) in [6, 6.07) is 7.64. The van der Waals surface area contributed by atoms with Gasteiger partial charge in [0.2, 0.25) is 5.91 Å². The van der Waals surface area contributed by atoms with Gasteiger partial charge in [-0.2, -0.15) is 11.8 Å². The Hall–Kier alpha value is -2.02. The van der Waals surface area contributed by atoms with Gasteiger partial charge < -0.3 is 15.0 Å². The lowest BCUT2D eigenvalue weighted by molar-refractivity contribution is -0.143. The standard InChI is InChI=1S/C15H17N3O3S/c1-22-9-12-16-10-4-2-3-5-11(10)18(12)8-13(19)17-15(6-7-15)14(20)21/h2-5H,6-9H2,1H3,(H,17,19)(H,20,21). The van der Waals surface area contributed by atoms with E-state index in [0.29, 0.717) is 18.6 Å². The van der Waals surface area contributed by atoms with Crippen LogP contribution in [0.2, 0.25) is 0 Å². The topological polar surface area (TPSA) is 84.2 Å². The summed E-state index contributed by atoms with van der Waals surface area (Å²) in [5.74, 6) is 0.279. The van der Waals surface area contributed by atoms with Crippen LogP contribution in [0, 0.1) is 0 Å². The van der Waals surface area contributed by atoms with E-state index >= 15 is 0 Å². The fourth-order valence-electron chi connectivity index (χ4n) is 2.51. The van der Waals surface area contributed by atoms with Crippen molar-refractivity contribution in [3.05, 3.63) is 30.1 Å². The van der Waals surface area contributed by atoms with Gasteiger partial charge >= 0.3 is 5.97 Å². The fraction of sp³-hybridized carbons (Fsp3) is 0.400. The van der Waals surface area contributed by atoms with Crippen LogP contribution in [-0.4, -0.2) is 38.3 Å². The Balaban J connectivity index is 1.84. The normalized spacial score (nSPS) is 15.7. The molecule has 0 radical (unpaired) electrons. The van der Waals surface area contributed by atoms with E-state index in [9.17, 15) is 9.59 Å². The molecule has 6 nitrogen and oxygen atoms in total. The molecule has 1 aliphatic carbocycles. The molecule has 0 saturated heterocycles. The molecule has 2 aromatic rings. The molecule has 3 rings (SSSR count). The van der Waals surface area contributed by atoms with Crippen molar-refractivity contribution < 1.29 is 14.7 Å². The van der Waals surface area contributed by atoms with Gasteiger partial charge in [-0.05, 0) is 31.2 Å². The molecule has 1 saturated carbocycles. The van der Waals surface area contributed by atoms with E-state index in [0.717, 1.165) is 16.9 Å². The summed E-state index contributed by atoms with van der Waals surface area (Å²) in [5.41, 5.74) is 0.688. The highest BCUT2D eigenvalue weighted by Crippen LogP contribution is 2.35. The minimum absolute atomic E-state index is 0.0887. The Morgan fingerprint density at radius 2 is 2.14 bits per heavy atom. The first kappa shape index (κ1) is 14.9. The van der Waals surface area contributed by atoms with Crippen LogP contribution in [-0.2, 0) is 21.9 Å². The second kappa shape index (κ2) is 5.64. The highest BCUT2D eigenvalue weighted by Gasteiger charge is 2.51. The fourth-order valence-corrected chi connectivity index (χ4v) is 2.99. The van der Waals surface area contributed by atoms with Gasteiger partial charge in [-0.1, -0.05) is 12.1 Å². The summed E-state index contributed by atoms with van der Waals surface area (Å²) in [6.45, 7) is 0.0887. The van der Waals surface area contributed by atoms with Crippen molar-refractivity contribution in [2.24, 2.45) is 0 Å². The number of aliphatic carboxylic acids is 1. The quantitative estimate of drug-likeness (QED) is 0.845. The Bertz CT molecular complexity index is 737. The van der Waals surface area contributed by atoms with Gasteiger partial charge in [-0.25, -0.2) is 9.78 Å². The summed E-state index contributed by atoms with van der Waals surface area (Å²) in [5, 5.41) is 11.8. The van der Waals surface area contributed by atoms with Crippen molar-refractivity contribution in [3.8, 4) is 0 Å². The smallest absolute Gasteiger partial charge is 0.329 e. The number of para-hydroxylation sites is 2. The second-order valence-corrected chi connectivity index (χ2v) is 6.34. The number of hydrogen-bond acceptors (Lipinski definition) is 4. The lowest BCUT2D eigenvalue weighted by Crippen LogP contribution is -2.44. The van der Waals surface area contributed by atoms with Crippen molar-refractivity contribution in [3.63, 3.8) is 0 Å². The molecular formula is C15H17N3O3S. The highest BCUT2D eigenvalue weighted by molar-refractivity contribution is 7.97. The summed E-state index contributed by atoms with van der Waals surface area (Å²) in [4.78, 5) is 28.0. The maximum Gasteiger partial charge on any atom is 0.329 e. The number of benzene rings is 1. The van der Waals surface area contributed by atoms with E-state index in [-0.39, 0.29) is 12.5 Å². The first-order chi connectivity index (χ1) is 10.6. The van der Waals surface area contributed by atoms with Crippen LogP contribution in [0.4, 0.5) is 0 Å². The zero-order valence-corrected chi connectivity index (χ0v) is 13.0. The van der Waals surface area contributed by atoms with E-state index in [1.165, 1.54) is 0 Å². The van der Waals surface area contributed by atoms with Crippen LogP contribution in [0.1, 0.15) is 18.7 Å². The number of carbonyl (C=O) groups excluding carboxylic acids is 1. The molecule has 0 spiro atoms. The van der Waals surface area contributed by atoms with Crippen molar-refractivity contribution in [2.75, 3.05) is 6.26 Å². The highest BCUT2D eigenvalue weighted by atomic mass is 32.2. The predicted molar refractivity (Wildman–Crippen MR) is 84.7 cm³/mol. The minimum Gasteiger partial charge on any atom is -0.480 e. The van der Waals surface area contributed by atoms with Gasteiger partial charge in [0.15, 0.2) is 0 Å². The van der Waals surface area contributed by atoms with E-state index < -0.39 is 11.5 Å². The van der Waals surface area contributed by atoms with Crippen molar-refractivity contribution in [1.82, 2.24) is 14.9 Å². The number of fused-ring (bicyclic) bond motifs is 1. The van der Waals surface area contributed by atoms with Crippen LogP contribution >= 0.6 is 11.8 Å². The number of rotatable bonds is 6. The van der Waals surface area contributed by atoms with Crippen molar-refractivity contribution in [2.45, 2.75) is 30.7 Å². The molecule has 0 unspecified atom stereocenters. The predicted octanol–water partition coefficient (Wildman–Crippen LogP) is 1.63. The van der Waals surface area contributed by atoms with Crippen LogP contribution in [0.5, 0.6) is 0 Å². The van der Waals surface area contributed by atoms with E-state index in [4.69, 9.17) is 5.11 Å². The summed E-state index contributed by atoms with van der Waals surface area (Å²) in [7, 11) is 0. The van der Waals surface area contributed by atoms with Gasteiger partial charge in [0, 0.05) is 0 Å². The zero-order valence-electron chi connectivity index (χ0n) is 12.2. The average molecular weight is 319 g/mol. The molecule has 1 fully saturated rings. The molecule has 7 heteroatoms. The van der Waals surface area contributed by atoms with Gasteiger partial charge in [-0.15, -0.1) is 0 Å². The molecule has 1 aromatic heterocycles. The number of carbonyl (C=O) groups is 2. The maximum absolute atomic E-state index is 12.2. The van der Waals surface area contributed by atoms with E-state index in [1.54, 1.807) is 11.8 Å². The number of amides is 1. The average Bonchev–Trinajstić information content (AvgIpc) is 3.19. The molecule has 116 valence electrons. The SMILES string of the molecule is CSCc1nc2ccccc2n1CC(=O)NC1(C(=O)O)CC1. The Morgan fingerprint density at radius 1 is 1.41 bits per heavy atom. The summed E-state index contributed by atoms with van der Waals surface area (Å²) in [6.07, 6.45) is 2.97. The molecule has 0 atom stereocenters. The van der Waals surface area contributed by atoms with Gasteiger partial charge in [0.1, 0.15) is 17.9 Å². The Kier molecular flexibility index (Phi) is 3.82.